The van der Waals surface area contributed by atoms with Crippen LogP contribution in [0.5, 0.6) is 0 Å². The van der Waals surface area contributed by atoms with Gasteiger partial charge >= 0.3 is 6.03 Å². The second-order valence-corrected chi connectivity index (χ2v) is 5.99. The van der Waals surface area contributed by atoms with Gasteiger partial charge in [0.1, 0.15) is 0 Å². The van der Waals surface area contributed by atoms with Crippen LogP contribution in [-0.2, 0) is 0 Å². The number of amides is 2. The normalized spacial score (nSPS) is 30.9. The predicted molar refractivity (Wildman–Crippen MR) is 73.6 cm³/mol. The minimum absolute atomic E-state index is 0.126. The Labute approximate surface area is 110 Å². The molecule has 2 amide bonds. The third-order valence-corrected chi connectivity index (χ3v) is 4.25. The average molecular weight is 253 g/mol. The number of carbonyl (C=O) groups excluding carboxylic acids is 1. The van der Waals surface area contributed by atoms with E-state index in [-0.39, 0.29) is 12.1 Å². The van der Waals surface area contributed by atoms with Crippen molar-refractivity contribution in [1.29, 1.82) is 0 Å². The van der Waals surface area contributed by atoms with Gasteiger partial charge in [-0.05, 0) is 45.1 Å². The first-order valence-corrected chi connectivity index (χ1v) is 7.45. The zero-order valence-corrected chi connectivity index (χ0v) is 11.7. The number of likely N-dealkylation sites (tertiary alicyclic amines) is 1. The molecule has 2 aliphatic rings. The lowest BCUT2D eigenvalue weighted by molar-refractivity contribution is 0.163. The molecule has 4 nitrogen and oxygen atoms in total. The lowest BCUT2D eigenvalue weighted by atomic mass is 9.99. The summed E-state index contributed by atoms with van der Waals surface area (Å²) in [7, 11) is 0. The summed E-state index contributed by atoms with van der Waals surface area (Å²) in [5.41, 5.74) is 0. The lowest BCUT2D eigenvalue weighted by Crippen LogP contribution is -2.54. The van der Waals surface area contributed by atoms with Crippen molar-refractivity contribution in [1.82, 2.24) is 15.5 Å². The Balaban J connectivity index is 1.78. The predicted octanol–water partition coefficient (Wildman–Crippen LogP) is 1.96. The molecule has 104 valence electrons. The van der Waals surface area contributed by atoms with Crippen LogP contribution in [0.1, 0.15) is 46.0 Å². The van der Waals surface area contributed by atoms with E-state index in [9.17, 15) is 4.79 Å². The molecule has 3 atom stereocenters. The second-order valence-electron chi connectivity index (χ2n) is 5.99. The van der Waals surface area contributed by atoms with Crippen LogP contribution in [0.15, 0.2) is 0 Å². The molecule has 0 aromatic heterocycles. The number of rotatable bonds is 2. The van der Waals surface area contributed by atoms with Crippen molar-refractivity contribution in [3.63, 3.8) is 0 Å². The Morgan fingerprint density at radius 1 is 1.33 bits per heavy atom. The fourth-order valence-electron chi connectivity index (χ4n) is 3.07. The molecule has 2 saturated heterocycles. The van der Waals surface area contributed by atoms with Gasteiger partial charge in [0, 0.05) is 25.2 Å². The molecule has 18 heavy (non-hydrogen) atoms. The zero-order valence-electron chi connectivity index (χ0n) is 11.7. The molecule has 0 saturated carbocycles. The van der Waals surface area contributed by atoms with Crippen LogP contribution in [0.3, 0.4) is 0 Å². The molecule has 0 aromatic carbocycles. The van der Waals surface area contributed by atoms with Crippen molar-refractivity contribution in [3.05, 3.63) is 0 Å². The molecule has 2 rings (SSSR count). The molecule has 2 fully saturated rings. The Kier molecular flexibility index (Phi) is 4.87. The van der Waals surface area contributed by atoms with Gasteiger partial charge in [0.25, 0.3) is 0 Å². The molecule has 0 radical (unpaired) electrons. The topological polar surface area (TPSA) is 44.4 Å². The van der Waals surface area contributed by atoms with Gasteiger partial charge < -0.3 is 15.5 Å². The maximum absolute atomic E-state index is 12.2. The number of hydrogen-bond donors (Lipinski definition) is 2. The van der Waals surface area contributed by atoms with E-state index in [1.807, 2.05) is 4.90 Å². The van der Waals surface area contributed by atoms with Crippen molar-refractivity contribution in [3.8, 4) is 0 Å². The molecule has 0 aliphatic carbocycles. The van der Waals surface area contributed by atoms with Gasteiger partial charge in [0.15, 0.2) is 0 Å². The molecule has 0 bridgehead atoms. The summed E-state index contributed by atoms with van der Waals surface area (Å²) in [6.45, 7) is 7.27. The van der Waals surface area contributed by atoms with E-state index in [1.165, 1.54) is 25.7 Å². The number of nitrogens with zero attached hydrogens (tertiary/aromatic N) is 1. The van der Waals surface area contributed by atoms with Gasteiger partial charge in [0.05, 0.1) is 0 Å². The largest absolute Gasteiger partial charge is 0.334 e. The second kappa shape index (κ2) is 6.41. The highest BCUT2D eigenvalue weighted by Gasteiger charge is 2.25. The van der Waals surface area contributed by atoms with Crippen molar-refractivity contribution in [2.24, 2.45) is 5.92 Å². The van der Waals surface area contributed by atoms with E-state index in [4.69, 9.17) is 0 Å². The van der Waals surface area contributed by atoms with Gasteiger partial charge in [-0.15, -0.1) is 0 Å². The lowest BCUT2D eigenvalue weighted by Gasteiger charge is -2.34. The van der Waals surface area contributed by atoms with Crippen molar-refractivity contribution in [2.75, 3.05) is 19.6 Å². The van der Waals surface area contributed by atoms with E-state index in [1.54, 1.807) is 0 Å². The maximum atomic E-state index is 12.2. The zero-order chi connectivity index (χ0) is 13.0. The van der Waals surface area contributed by atoms with E-state index >= 15 is 0 Å². The molecule has 3 unspecified atom stereocenters. The van der Waals surface area contributed by atoms with Crippen LogP contribution >= 0.6 is 0 Å². The Bertz CT molecular complexity index is 276. The summed E-state index contributed by atoms with van der Waals surface area (Å²) < 4.78 is 0. The molecular weight excluding hydrogens is 226 g/mol. The van der Waals surface area contributed by atoms with Crippen LogP contribution in [0.2, 0.25) is 0 Å². The minimum atomic E-state index is 0.126. The summed E-state index contributed by atoms with van der Waals surface area (Å²) in [5, 5.41) is 6.67. The number of piperidine rings is 2. The molecule has 4 heteroatoms. The van der Waals surface area contributed by atoms with Gasteiger partial charge in [-0.25, -0.2) is 4.79 Å². The molecular formula is C14H27N3O. The van der Waals surface area contributed by atoms with Crippen LogP contribution < -0.4 is 10.6 Å². The number of nitrogens with one attached hydrogen (secondary N) is 2. The van der Waals surface area contributed by atoms with E-state index in [0.717, 1.165) is 26.1 Å². The molecule has 0 aromatic rings. The van der Waals surface area contributed by atoms with Gasteiger partial charge in [0.2, 0.25) is 0 Å². The van der Waals surface area contributed by atoms with E-state index in [2.05, 4.69) is 24.5 Å². The SMILES string of the molecule is CC1CCCN(C(=O)NC(C)C2CCCCN2)C1. The first-order chi connectivity index (χ1) is 8.66. The molecule has 0 spiro atoms. The van der Waals surface area contributed by atoms with Crippen molar-refractivity contribution in [2.45, 2.75) is 58.0 Å². The summed E-state index contributed by atoms with van der Waals surface area (Å²) in [4.78, 5) is 14.2. The van der Waals surface area contributed by atoms with Crippen LogP contribution in [0.25, 0.3) is 0 Å². The quantitative estimate of drug-likeness (QED) is 0.790. The Hall–Kier alpha value is -0.770. The highest BCUT2D eigenvalue weighted by molar-refractivity contribution is 5.74. The number of urea groups is 1. The number of carbonyl (C=O) groups is 1. The van der Waals surface area contributed by atoms with E-state index in [0.29, 0.717) is 12.0 Å². The minimum Gasteiger partial charge on any atom is -0.334 e. The highest BCUT2D eigenvalue weighted by atomic mass is 16.2. The third-order valence-electron chi connectivity index (χ3n) is 4.25. The Morgan fingerprint density at radius 3 is 2.83 bits per heavy atom. The summed E-state index contributed by atoms with van der Waals surface area (Å²) in [5.74, 6) is 0.646. The van der Waals surface area contributed by atoms with Crippen LogP contribution in [-0.4, -0.2) is 42.6 Å². The number of hydrogen-bond acceptors (Lipinski definition) is 2. The fraction of sp³-hybridized carbons (Fsp3) is 0.929. The standard InChI is InChI=1S/C14H27N3O/c1-11-6-5-9-17(10-11)14(18)16-12(2)13-7-3-4-8-15-13/h11-13,15H,3-10H2,1-2H3,(H,16,18). The Morgan fingerprint density at radius 2 is 2.17 bits per heavy atom. The molecule has 2 N–H and O–H groups in total. The smallest absolute Gasteiger partial charge is 0.317 e. The third kappa shape index (κ3) is 3.61. The first kappa shape index (κ1) is 13.7. The summed E-state index contributed by atoms with van der Waals surface area (Å²) >= 11 is 0. The summed E-state index contributed by atoms with van der Waals surface area (Å²) in [6, 6.07) is 0.807. The van der Waals surface area contributed by atoms with Crippen LogP contribution in [0, 0.1) is 5.92 Å². The first-order valence-electron chi connectivity index (χ1n) is 7.45. The monoisotopic (exact) mass is 253 g/mol. The van der Waals surface area contributed by atoms with Gasteiger partial charge in [-0.3, -0.25) is 0 Å². The molecule has 2 heterocycles. The van der Waals surface area contributed by atoms with E-state index < -0.39 is 0 Å². The van der Waals surface area contributed by atoms with Crippen molar-refractivity contribution < 1.29 is 4.79 Å². The van der Waals surface area contributed by atoms with Crippen LogP contribution in [0.4, 0.5) is 4.79 Å². The van der Waals surface area contributed by atoms with Gasteiger partial charge in [-0.2, -0.15) is 0 Å². The average Bonchev–Trinajstić information content (AvgIpc) is 2.39. The van der Waals surface area contributed by atoms with Crippen molar-refractivity contribution >= 4 is 6.03 Å². The summed E-state index contributed by atoms with van der Waals surface area (Å²) in [6.07, 6.45) is 6.12. The fourth-order valence-corrected chi connectivity index (χ4v) is 3.07. The maximum Gasteiger partial charge on any atom is 0.317 e. The highest BCUT2D eigenvalue weighted by Crippen LogP contribution is 2.16. The molecule has 2 aliphatic heterocycles. The van der Waals surface area contributed by atoms with Gasteiger partial charge in [-0.1, -0.05) is 13.3 Å².